The minimum Gasteiger partial charge on any atom is -0.508 e. The molecule has 13 heteroatoms. The lowest BCUT2D eigenvalue weighted by Crippen LogP contribution is -2.48. The zero-order valence-electron chi connectivity index (χ0n) is 25.6. The van der Waals surface area contributed by atoms with E-state index in [4.69, 9.17) is 29.9 Å². The zero-order valence-corrected chi connectivity index (χ0v) is 26.4. The van der Waals surface area contributed by atoms with Gasteiger partial charge in [-0.2, -0.15) is 0 Å². The average molecular weight is 639 g/mol. The molecule has 0 aliphatic carbocycles. The van der Waals surface area contributed by atoms with Gasteiger partial charge in [-0.1, -0.05) is 18.2 Å². The van der Waals surface area contributed by atoms with Gasteiger partial charge in [0.05, 0.1) is 49.9 Å². The minimum atomic E-state index is -0.0819. The van der Waals surface area contributed by atoms with E-state index in [2.05, 4.69) is 15.9 Å². The summed E-state index contributed by atoms with van der Waals surface area (Å²) in [6.45, 7) is 8.60. The zero-order chi connectivity index (χ0) is 31.4. The van der Waals surface area contributed by atoms with Crippen LogP contribution in [0.3, 0.4) is 0 Å². The molecule has 2 fully saturated rings. The van der Waals surface area contributed by atoms with Gasteiger partial charge in [-0.15, -0.1) is 11.3 Å². The van der Waals surface area contributed by atoms with Gasteiger partial charge in [0.1, 0.15) is 5.75 Å². The number of benzene rings is 1. The molecular weight excluding hydrogens is 596 g/mol. The van der Waals surface area contributed by atoms with Crippen LogP contribution in [-0.2, 0) is 30.3 Å². The Kier molecular flexibility index (Phi) is 12.2. The topological polar surface area (TPSA) is 144 Å². The number of ketones is 1. The van der Waals surface area contributed by atoms with Crippen LogP contribution >= 0.6 is 11.3 Å². The van der Waals surface area contributed by atoms with Gasteiger partial charge < -0.3 is 34.9 Å². The number of thiophene rings is 1. The molecule has 1 aromatic carbocycles. The van der Waals surface area contributed by atoms with Gasteiger partial charge in [-0.25, -0.2) is 9.97 Å². The van der Waals surface area contributed by atoms with Crippen LogP contribution in [-0.4, -0.2) is 122 Å². The number of piperazine rings is 1. The number of carbonyl (C=O) groups excluding carboxylic acids is 2. The van der Waals surface area contributed by atoms with Crippen molar-refractivity contribution < 1.29 is 28.9 Å². The fraction of sp³-hybridized carbons (Fsp3) is 0.500. The Balaban J connectivity index is 1.12. The monoisotopic (exact) mass is 638 g/mol. The molecule has 45 heavy (non-hydrogen) atoms. The van der Waals surface area contributed by atoms with Crippen LogP contribution in [0.25, 0.3) is 21.6 Å². The Morgan fingerprint density at radius 2 is 1.80 bits per heavy atom. The van der Waals surface area contributed by atoms with Crippen LogP contribution in [0.4, 0.5) is 5.82 Å². The van der Waals surface area contributed by atoms with Gasteiger partial charge >= 0.3 is 0 Å². The third-order valence-corrected chi connectivity index (χ3v) is 8.77. The number of fused-ring (bicyclic) bond motifs is 1. The summed E-state index contributed by atoms with van der Waals surface area (Å²) >= 11 is 1.71. The van der Waals surface area contributed by atoms with Crippen LogP contribution in [0.2, 0.25) is 0 Å². The maximum atomic E-state index is 12.8. The van der Waals surface area contributed by atoms with E-state index >= 15 is 0 Å². The third-order valence-electron chi connectivity index (χ3n) is 7.66. The van der Waals surface area contributed by atoms with E-state index in [1.807, 2.05) is 11.0 Å². The molecule has 0 atom stereocenters. The smallest absolute Gasteiger partial charge is 0.223 e. The number of aromatic hydroxyl groups is 1. The van der Waals surface area contributed by atoms with Crippen molar-refractivity contribution in [1.29, 1.82) is 0 Å². The van der Waals surface area contributed by atoms with Crippen LogP contribution in [0.1, 0.15) is 17.7 Å². The molecule has 1 amide bonds. The minimum absolute atomic E-state index is 0.0106. The molecule has 0 saturated carbocycles. The van der Waals surface area contributed by atoms with Crippen molar-refractivity contribution in [2.75, 3.05) is 90.4 Å². The number of nitrogens with two attached hydrogens (primary N) is 1. The highest BCUT2D eigenvalue weighted by atomic mass is 32.1. The number of ether oxygens (including phenoxy) is 3. The molecule has 3 aromatic rings. The van der Waals surface area contributed by atoms with Crippen molar-refractivity contribution in [3.8, 4) is 17.1 Å². The fourth-order valence-corrected chi connectivity index (χ4v) is 6.44. The number of rotatable bonds is 15. The van der Waals surface area contributed by atoms with Crippen LogP contribution in [0.15, 0.2) is 42.5 Å². The van der Waals surface area contributed by atoms with Gasteiger partial charge in [0.15, 0.2) is 17.4 Å². The first kappa shape index (κ1) is 32.9. The number of hydrogen-bond acceptors (Lipinski definition) is 12. The average Bonchev–Trinajstić information content (AvgIpc) is 3.47. The molecule has 5 rings (SSSR count). The van der Waals surface area contributed by atoms with Gasteiger partial charge in [0.25, 0.3) is 0 Å². The molecule has 2 aliphatic heterocycles. The van der Waals surface area contributed by atoms with Crippen LogP contribution < -0.4 is 10.6 Å². The molecule has 0 radical (unpaired) electrons. The van der Waals surface area contributed by atoms with E-state index in [9.17, 15) is 14.7 Å². The Labute approximate surface area is 267 Å². The Morgan fingerprint density at radius 1 is 1.00 bits per heavy atom. The van der Waals surface area contributed by atoms with Gasteiger partial charge in [0, 0.05) is 75.6 Å². The third kappa shape index (κ3) is 9.52. The molecular formula is C32H42N6O6S. The Bertz CT molecular complexity index is 1450. The highest BCUT2D eigenvalue weighted by Gasteiger charge is 2.24. The second-order valence-corrected chi connectivity index (χ2v) is 12.1. The van der Waals surface area contributed by atoms with E-state index < -0.39 is 0 Å². The molecule has 242 valence electrons. The number of morpholine rings is 1. The number of carbonyl (C=O) groups is 2. The quantitative estimate of drug-likeness (QED) is 0.187. The molecule has 0 bridgehead atoms. The molecule has 2 saturated heterocycles. The summed E-state index contributed by atoms with van der Waals surface area (Å²) in [6.07, 6.45) is 3.55. The van der Waals surface area contributed by atoms with E-state index in [0.29, 0.717) is 65.1 Å². The number of allylic oxidation sites excluding steroid dienone is 1. The van der Waals surface area contributed by atoms with Gasteiger partial charge in [0.2, 0.25) is 5.91 Å². The summed E-state index contributed by atoms with van der Waals surface area (Å²) in [7, 11) is 0. The van der Waals surface area contributed by atoms with Gasteiger partial charge in [-0.3, -0.25) is 14.5 Å². The van der Waals surface area contributed by atoms with Crippen LogP contribution in [0.5, 0.6) is 5.75 Å². The highest BCUT2D eigenvalue weighted by Crippen LogP contribution is 2.35. The van der Waals surface area contributed by atoms with E-state index in [1.54, 1.807) is 35.6 Å². The number of amides is 1. The Morgan fingerprint density at radius 3 is 2.58 bits per heavy atom. The number of hydrogen-bond donors (Lipinski definition) is 2. The molecule has 2 aromatic heterocycles. The number of nitrogens with zero attached hydrogens (tertiary/aromatic N) is 5. The maximum absolute atomic E-state index is 12.8. The first-order valence-corrected chi connectivity index (χ1v) is 16.3. The second kappa shape index (κ2) is 16.7. The van der Waals surface area contributed by atoms with E-state index in [0.717, 1.165) is 54.3 Å². The molecule has 4 heterocycles. The fourth-order valence-electron chi connectivity index (χ4n) is 5.29. The summed E-state index contributed by atoms with van der Waals surface area (Å²) in [4.78, 5) is 42.4. The number of phenols is 1. The number of anilines is 1. The second-order valence-electron chi connectivity index (χ2n) is 10.9. The maximum Gasteiger partial charge on any atom is 0.223 e. The normalized spacial score (nSPS) is 16.2. The van der Waals surface area contributed by atoms with Crippen molar-refractivity contribution in [3.63, 3.8) is 0 Å². The summed E-state index contributed by atoms with van der Waals surface area (Å²) in [5, 5.41) is 10.0. The summed E-state index contributed by atoms with van der Waals surface area (Å²) in [6, 6.07) is 9.16. The van der Waals surface area contributed by atoms with Crippen LogP contribution in [0, 0.1) is 0 Å². The number of phenolic OH excluding ortho intramolecular Hbond substituents is 1. The Hall–Kier alpha value is -3.46. The van der Waals surface area contributed by atoms with Crippen molar-refractivity contribution in [2.24, 2.45) is 5.73 Å². The van der Waals surface area contributed by atoms with Crippen molar-refractivity contribution in [1.82, 2.24) is 19.8 Å². The predicted molar refractivity (Wildman–Crippen MR) is 173 cm³/mol. The highest BCUT2D eigenvalue weighted by molar-refractivity contribution is 7.19. The van der Waals surface area contributed by atoms with Crippen molar-refractivity contribution in [3.05, 3.63) is 47.4 Å². The molecule has 12 nitrogen and oxygen atoms in total. The molecule has 0 spiro atoms. The lowest BCUT2D eigenvalue weighted by molar-refractivity contribution is -0.134. The number of aromatic nitrogens is 2. The first-order valence-electron chi connectivity index (χ1n) is 15.5. The lowest BCUT2D eigenvalue weighted by atomic mass is 10.2. The summed E-state index contributed by atoms with van der Waals surface area (Å²) < 4.78 is 17.2. The van der Waals surface area contributed by atoms with E-state index in [1.165, 1.54) is 11.0 Å². The SMILES string of the molecule is NCCOCCOC/C=C/C(=O)CCC(=O)N1CCN(Cc2cc3nc(-c4cccc(O)c4)nc(N4CCOCC4)c3s2)CC1. The molecule has 2 aliphatic rings. The standard InChI is InChI=1S/C32H42N6O6S/c33-8-16-43-20-19-42-15-2-5-25(39)6-7-29(41)37-11-9-36(10-12-37)23-27-22-28-30(45-27)32(38-13-17-44-18-14-38)35-31(34-28)24-3-1-4-26(40)21-24/h1-5,21-22,40H,6-20,23,33H2/b5-2+. The van der Waals surface area contributed by atoms with E-state index in [-0.39, 0.29) is 30.3 Å². The van der Waals surface area contributed by atoms with Crippen molar-refractivity contribution in [2.45, 2.75) is 19.4 Å². The largest absolute Gasteiger partial charge is 0.508 e. The van der Waals surface area contributed by atoms with Gasteiger partial charge in [-0.05, 0) is 24.3 Å². The van der Waals surface area contributed by atoms with Crippen molar-refractivity contribution >= 4 is 39.1 Å². The lowest BCUT2D eigenvalue weighted by Gasteiger charge is -2.34. The summed E-state index contributed by atoms with van der Waals surface area (Å²) in [5.74, 6) is 1.59. The first-order chi connectivity index (χ1) is 22.0. The molecule has 3 N–H and O–H groups in total. The predicted octanol–water partition coefficient (Wildman–Crippen LogP) is 2.44. The molecule has 0 unspecified atom stereocenters. The summed E-state index contributed by atoms with van der Waals surface area (Å²) in [5.41, 5.74) is 7.02.